The summed E-state index contributed by atoms with van der Waals surface area (Å²) in [5, 5.41) is 0. The zero-order valence-electron chi connectivity index (χ0n) is 5.87. The Kier molecular flexibility index (Phi) is 4.75. The van der Waals surface area contributed by atoms with Gasteiger partial charge in [-0.05, 0) is 24.3 Å². The van der Waals surface area contributed by atoms with Crippen molar-refractivity contribution in [3.05, 3.63) is 24.3 Å². The zero-order chi connectivity index (χ0) is 6.69. The van der Waals surface area contributed by atoms with Crippen LogP contribution in [-0.2, 0) is 19.5 Å². The molecule has 0 saturated heterocycles. The molecule has 1 aromatic carbocycles. The molecule has 10 heavy (non-hydrogen) atoms. The van der Waals surface area contributed by atoms with Crippen LogP contribution in [0.3, 0.4) is 0 Å². The van der Waals surface area contributed by atoms with Gasteiger partial charge in [-0.3, -0.25) is 0 Å². The average molecular weight is 206 g/mol. The Hall–Kier alpha value is -0.00662. The summed E-state index contributed by atoms with van der Waals surface area (Å²) in [6, 6.07) is 7.54. The second kappa shape index (κ2) is 4.75. The predicted octanol–water partition coefficient (Wildman–Crippen LogP) is 1.98. The van der Waals surface area contributed by atoms with Crippen LogP contribution in [0.5, 0.6) is 5.75 Å². The predicted molar refractivity (Wildman–Crippen MR) is 40.2 cm³/mol. The Bertz CT molecular complexity index is 185. The first-order valence-electron chi connectivity index (χ1n) is 2.66. The van der Waals surface area contributed by atoms with E-state index in [-0.39, 0.29) is 19.5 Å². The number of hydrogen-bond acceptors (Lipinski definition) is 2. The smallest absolute Gasteiger partial charge is 0.118 e. The summed E-state index contributed by atoms with van der Waals surface area (Å²) in [4.78, 5) is 0.954. The summed E-state index contributed by atoms with van der Waals surface area (Å²) < 4.78 is 4.94. The number of methoxy groups -OCH3 is 1. The summed E-state index contributed by atoms with van der Waals surface area (Å²) in [7, 11) is 1.65. The first kappa shape index (κ1) is 9.99. The second-order valence-electron chi connectivity index (χ2n) is 1.70. The molecule has 3 heteroatoms. The van der Waals surface area contributed by atoms with E-state index in [1.165, 1.54) is 0 Å². The van der Waals surface area contributed by atoms with E-state index in [4.69, 9.17) is 4.74 Å². The largest absolute Gasteiger partial charge is 0.497 e. The molecule has 0 spiro atoms. The van der Waals surface area contributed by atoms with Gasteiger partial charge in [-0.2, -0.15) is 0 Å². The zero-order valence-corrected chi connectivity index (χ0v) is 9.73. The number of benzene rings is 1. The van der Waals surface area contributed by atoms with Crippen molar-refractivity contribution in [1.82, 2.24) is 0 Å². The van der Waals surface area contributed by atoms with Crippen molar-refractivity contribution in [2.75, 3.05) is 7.11 Å². The Labute approximate surface area is 78.9 Å². The fourth-order valence-electron chi connectivity index (χ4n) is 0.582. The van der Waals surface area contributed by atoms with Gasteiger partial charge < -0.3 is 4.74 Å². The average Bonchev–Trinajstić information content (AvgIpc) is 1.90. The summed E-state index contributed by atoms with van der Waals surface area (Å²) in [5.41, 5.74) is 0. The van der Waals surface area contributed by atoms with E-state index in [0.717, 1.165) is 10.6 Å². The third-order valence-electron chi connectivity index (χ3n) is 1.07. The van der Waals surface area contributed by atoms with Crippen LogP contribution in [0.1, 0.15) is 0 Å². The molecule has 0 aliphatic carbocycles. The van der Waals surface area contributed by atoms with E-state index in [1.54, 1.807) is 7.11 Å². The molecule has 0 radical (unpaired) electrons. The minimum absolute atomic E-state index is 0. The molecule has 50 valence electrons. The summed E-state index contributed by atoms with van der Waals surface area (Å²) in [6.07, 6.45) is 0. The molecule has 0 unspecified atom stereocenters. The number of ether oxygens (including phenoxy) is 1. The molecule has 1 aromatic rings. The summed E-state index contributed by atoms with van der Waals surface area (Å²) in [6.45, 7) is 0. The maximum absolute atomic E-state index is 4.94. The minimum atomic E-state index is 0. The number of thiol groups is 1. The van der Waals surface area contributed by atoms with E-state index in [1.807, 2.05) is 24.3 Å². The molecule has 0 N–H and O–H groups in total. The van der Waals surface area contributed by atoms with Crippen molar-refractivity contribution in [3.8, 4) is 5.75 Å². The molecule has 0 amide bonds. The fourth-order valence-corrected chi connectivity index (χ4v) is 0.731. The van der Waals surface area contributed by atoms with E-state index in [2.05, 4.69) is 12.6 Å². The molecule has 0 aromatic heterocycles. The molecule has 0 fully saturated rings. The first-order chi connectivity index (χ1) is 4.33. The first-order valence-corrected chi connectivity index (χ1v) is 3.10. The number of hydrogen-bond donors (Lipinski definition) is 1. The van der Waals surface area contributed by atoms with Crippen molar-refractivity contribution in [2.45, 2.75) is 4.90 Å². The molecule has 0 saturated carbocycles. The van der Waals surface area contributed by atoms with E-state index in [0.29, 0.717) is 0 Å². The summed E-state index contributed by atoms with van der Waals surface area (Å²) in [5.74, 6) is 0.868. The standard InChI is InChI=1S/C7H8OS.Zn/c1-8-6-2-4-7(9)5-3-6;/h2-5,9H,1H3;. The minimum Gasteiger partial charge on any atom is -0.497 e. The molecule has 1 nitrogen and oxygen atoms in total. The van der Waals surface area contributed by atoms with Crippen molar-refractivity contribution in [2.24, 2.45) is 0 Å². The Morgan fingerprint density at radius 3 is 2.10 bits per heavy atom. The van der Waals surface area contributed by atoms with Gasteiger partial charge in [0.1, 0.15) is 5.75 Å². The normalized spacial score (nSPS) is 8.20. The van der Waals surface area contributed by atoms with E-state index in [9.17, 15) is 0 Å². The van der Waals surface area contributed by atoms with E-state index >= 15 is 0 Å². The van der Waals surface area contributed by atoms with Crippen molar-refractivity contribution >= 4 is 12.6 Å². The SMILES string of the molecule is COc1ccc(S)cc1.[Zn]. The van der Waals surface area contributed by atoms with Gasteiger partial charge in [-0.15, -0.1) is 12.6 Å². The van der Waals surface area contributed by atoms with Gasteiger partial charge in [0.25, 0.3) is 0 Å². The van der Waals surface area contributed by atoms with Gasteiger partial charge in [0.15, 0.2) is 0 Å². The monoisotopic (exact) mass is 204 g/mol. The number of rotatable bonds is 1. The quantitative estimate of drug-likeness (QED) is 0.545. The Morgan fingerprint density at radius 2 is 1.70 bits per heavy atom. The van der Waals surface area contributed by atoms with Gasteiger partial charge >= 0.3 is 0 Å². The molecular weight excluding hydrogens is 198 g/mol. The maximum atomic E-state index is 4.94. The summed E-state index contributed by atoms with van der Waals surface area (Å²) >= 11 is 4.11. The Balaban J connectivity index is 0.000000810. The van der Waals surface area contributed by atoms with Crippen LogP contribution in [0.15, 0.2) is 29.2 Å². The third-order valence-corrected chi connectivity index (χ3v) is 1.37. The molecule has 0 atom stereocenters. The Morgan fingerprint density at radius 1 is 1.20 bits per heavy atom. The molecule has 0 heterocycles. The molecule has 0 bridgehead atoms. The van der Waals surface area contributed by atoms with Crippen LogP contribution in [0.4, 0.5) is 0 Å². The van der Waals surface area contributed by atoms with Crippen LogP contribution >= 0.6 is 12.6 Å². The molecule has 0 aliphatic heterocycles. The van der Waals surface area contributed by atoms with Crippen molar-refractivity contribution in [3.63, 3.8) is 0 Å². The van der Waals surface area contributed by atoms with Crippen LogP contribution in [-0.4, -0.2) is 7.11 Å². The van der Waals surface area contributed by atoms with Gasteiger partial charge in [0.2, 0.25) is 0 Å². The molecular formula is C7H8OSZn. The molecule has 0 aliphatic rings. The second-order valence-corrected chi connectivity index (χ2v) is 2.21. The van der Waals surface area contributed by atoms with Gasteiger partial charge in [-0.25, -0.2) is 0 Å². The van der Waals surface area contributed by atoms with Crippen LogP contribution in [0.25, 0.3) is 0 Å². The van der Waals surface area contributed by atoms with Crippen LogP contribution < -0.4 is 4.74 Å². The van der Waals surface area contributed by atoms with E-state index < -0.39 is 0 Å². The van der Waals surface area contributed by atoms with Gasteiger partial charge in [-0.1, -0.05) is 0 Å². The van der Waals surface area contributed by atoms with Gasteiger partial charge in [0, 0.05) is 24.4 Å². The maximum Gasteiger partial charge on any atom is 0.118 e. The van der Waals surface area contributed by atoms with Crippen LogP contribution in [0, 0.1) is 0 Å². The molecule has 1 rings (SSSR count). The fraction of sp³-hybridized carbons (Fsp3) is 0.143. The topological polar surface area (TPSA) is 9.23 Å². The van der Waals surface area contributed by atoms with Crippen LogP contribution in [0.2, 0.25) is 0 Å². The van der Waals surface area contributed by atoms with Gasteiger partial charge in [0.05, 0.1) is 7.11 Å². The van der Waals surface area contributed by atoms with Crippen molar-refractivity contribution in [1.29, 1.82) is 0 Å². The van der Waals surface area contributed by atoms with Crippen molar-refractivity contribution < 1.29 is 24.2 Å². The third kappa shape index (κ3) is 2.72.